The molecule has 1 aromatic rings. The molecule has 0 heterocycles. The van der Waals surface area contributed by atoms with Gasteiger partial charge in [-0.15, -0.1) is 0 Å². The third kappa shape index (κ3) is 1.46. The van der Waals surface area contributed by atoms with Gasteiger partial charge in [-0.25, -0.2) is 13.2 Å². The van der Waals surface area contributed by atoms with Crippen LogP contribution in [0.25, 0.3) is 0 Å². The average Bonchev–Trinajstić information content (AvgIpc) is 2.20. The molecule has 102 valence electrons. The Balaban J connectivity index is 1.88. The van der Waals surface area contributed by atoms with E-state index >= 15 is 0 Å². The van der Waals surface area contributed by atoms with Crippen molar-refractivity contribution >= 4 is 5.97 Å². The summed E-state index contributed by atoms with van der Waals surface area (Å²) in [5.41, 5.74) is 4.41. The van der Waals surface area contributed by atoms with Gasteiger partial charge in [0.05, 0.1) is 0 Å². The summed E-state index contributed by atoms with van der Waals surface area (Å²) in [4.78, 5) is 10.9. The smallest absolute Gasteiger partial charge is 0.321 e. The summed E-state index contributed by atoms with van der Waals surface area (Å²) in [6.07, 6.45) is 1.11. The first-order valence-corrected chi connectivity index (χ1v) is 5.93. The number of carboxylic acid groups (broad SMARTS) is 1. The highest BCUT2D eigenvalue weighted by molar-refractivity contribution is 5.76. The second-order valence-corrected chi connectivity index (χ2v) is 5.74. The molecular formula is C13H12F3NO2. The zero-order valence-corrected chi connectivity index (χ0v) is 9.92. The van der Waals surface area contributed by atoms with Crippen LogP contribution in [0.5, 0.6) is 0 Å². The molecule has 3 N–H and O–H groups in total. The Morgan fingerprint density at radius 2 is 1.84 bits per heavy atom. The molecule has 4 rings (SSSR count). The maximum absolute atomic E-state index is 13.7. The molecule has 0 aliphatic heterocycles. The topological polar surface area (TPSA) is 63.3 Å². The van der Waals surface area contributed by atoms with E-state index in [0.29, 0.717) is 25.3 Å². The second kappa shape index (κ2) is 3.50. The van der Waals surface area contributed by atoms with Gasteiger partial charge >= 0.3 is 5.97 Å². The van der Waals surface area contributed by atoms with Crippen LogP contribution in [0.15, 0.2) is 12.1 Å². The number of hydrogen-bond donors (Lipinski definition) is 2. The number of aliphatic carboxylic acids is 1. The molecule has 19 heavy (non-hydrogen) atoms. The van der Waals surface area contributed by atoms with Gasteiger partial charge in [-0.1, -0.05) is 0 Å². The van der Waals surface area contributed by atoms with E-state index in [0.717, 1.165) is 6.07 Å². The van der Waals surface area contributed by atoms with Crippen molar-refractivity contribution in [2.45, 2.75) is 30.7 Å². The van der Waals surface area contributed by atoms with E-state index in [-0.39, 0.29) is 5.56 Å². The van der Waals surface area contributed by atoms with Crippen LogP contribution >= 0.6 is 0 Å². The summed E-state index contributed by atoms with van der Waals surface area (Å²) in [6.45, 7) is 0. The zero-order valence-electron chi connectivity index (χ0n) is 9.92. The van der Waals surface area contributed by atoms with Gasteiger partial charge in [-0.3, -0.25) is 4.79 Å². The number of nitrogens with two attached hydrogens (primary N) is 1. The standard InChI is InChI=1S/C13H12F3NO2/c14-6-1-7(9(16)8(15)2-6)12-3-13(4-12,5-12)10(17)11(18)19/h1-2,10H,3-5,17H2,(H,18,19). The van der Waals surface area contributed by atoms with Crippen LogP contribution in [0.1, 0.15) is 24.8 Å². The number of carbonyl (C=O) groups is 1. The Morgan fingerprint density at radius 1 is 1.26 bits per heavy atom. The third-order valence-corrected chi connectivity index (χ3v) is 4.56. The van der Waals surface area contributed by atoms with Crippen molar-refractivity contribution in [1.82, 2.24) is 0 Å². The molecule has 1 aromatic carbocycles. The quantitative estimate of drug-likeness (QED) is 0.826. The minimum Gasteiger partial charge on any atom is -0.480 e. The predicted octanol–water partition coefficient (Wildman–Crippen LogP) is 1.94. The summed E-state index contributed by atoms with van der Waals surface area (Å²) in [6, 6.07) is 0.493. The third-order valence-electron chi connectivity index (χ3n) is 4.56. The molecule has 2 bridgehead atoms. The summed E-state index contributed by atoms with van der Waals surface area (Å²) >= 11 is 0. The van der Waals surface area contributed by atoms with Crippen molar-refractivity contribution in [3.8, 4) is 0 Å². The Kier molecular flexibility index (Phi) is 2.30. The highest BCUT2D eigenvalue weighted by Gasteiger charge is 2.72. The van der Waals surface area contributed by atoms with Gasteiger partial charge < -0.3 is 10.8 Å². The van der Waals surface area contributed by atoms with Crippen LogP contribution in [0.3, 0.4) is 0 Å². The molecule has 0 aromatic heterocycles. The van der Waals surface area contributed by atoms with E-state index in [1.807, 2.05) is 0 Å². The minimum atomic E-state index is -1.21. The van der Waals surface area contributed by atoms with Crippen LogP contribution in [-0.4, -0.2) is 17.1 Å². The fourth-order valence-corrected chi connectivity index (χ4v) is 3.69. The Hall–Kier alpha value is -1.56. The van der Waals surface area contributed by atoms with Crippen molar-refractivity contribution in [3.63, 3.8) is 0 Å². The number of hydrogen-bond acceptors (Lipinski definition) is 2. The lowest BCUT2D eigenvalue weighted by Crippen LogP contribution is -2.72. The Bertz CT molecular complexity index is 568. The molecule has 0 saturated heterocycles. The number of benzene rings is 1. The average molecular weight is 271 g/mol. The van der Waals surface area contributed by atoms with Gasteiger partial charge in [-0.05, 0) is 30.7 Å². The van der Waals surface area contributed by atoms with Gasteiger partial charge in [-0.2, -0.15) is 0 Å². The van der Waals surface area contributed by atoms with Crippen molar-refractivity contribution < 1.29 is 23.1 Å². The Labute approximate surface area is 107 Å². The summed E-state index contributed by atoms with van der Waals surface area (Å²) < 4.78 is 40.1. The van der Waals surface area contributed by atoms with Gasteiger partial charge in [0.15, 0.2) is 11.6 Å². The van der Waals surface area contributed by atoms with Crippen LogP contribution in [0.4, 0.5) is 13.2 Å². The minimum absolute atomic E-state index is 0.00413. The van der Waals surface area contributed by atoms with E-state index in [9.17, 15) is 18.0 Å². The molecule has 3 aliphatic carbocycles. The van der Waals surface area contributed by atoms with E-state index in [4.69, 9.17) is 10.8 Å². The van der Waals surface area contributed by atoms with Crippen molar-refractivity contribution in [2.75, 3.05) is 0 Å². The van der Waals surface area contributed by atoms with E-state index < -0.39 is 40.3 Å². The predicted molar refractivity (Wildman–Crippen MR) is 59.9 cm³/mol. The van der Waals surface area contributed by atoms with Gasteiger partial charge in [0.25, 0.3) is 0 Å². The number of carboxylic acids is 1. The van der Waals surface area contributed by atoms with Crippen molar-refractivity contribution in [2.24, 2.45) is 11.1 Å². The number of rotatable bonds is 3. The molecule has 0 spiro atoms. The summed E-state index contributed by atoms with van der Waals surface area (Å²) in [5.74, 6) is -4.18. The molecule has 3 nitrogen and oxygen atoms in total. The van der Waals surface area contributed by atoms with Crippen LogP contribution in [0.2, 0.25) is 0 Å². The highest BCUT2D eigenvalue weighted by Crippen LogP contribution is 2.74. The van der Waals surface area contributed by atoms with Gasteiger partial charge in [0, 0.05) is 17.0 Å². The van der Waals surface area contributed by atoms with E-state index in [1.54, 1.807) is 0 Å². The zero-order chi connectivity index (χ0) is 14.0. The summed E-state index contributed by atoms with van der Waals surface area (Å²) in [7, 11) is 0. The monoisotopic (exact) mass is 271 g/mol. The molecule has 6 heteroatoms. The first-order chi connectivity index (χ1) is 8.80. The number of halogens is 3. The molecule has 0 amide bonds. The SMILES string of the molecule is NC(C(=O)O)C12CC(c3cc(F)cc(F)c3F)(C1)C2. The lowest BCUT2D eigenvalue weighted by atomic mass is 9.31. The molecule has 3 saturated carbocycles. The van der Waals surface area contributed by atoms with E-state index in [2.05, 4.69) is 0 Å². The van der Waals surface area contributed by atoms with Gasteiger partial charge in [0.2, 0.25) is 0 Å². The molecule has 1 unspecified atom stereocenters. The highest BCUT2D eigenvalue weighted by atomic mass is 19.2. The fraction of sp³-hybridized carbons (Fsp3) is 0.462. The second-order valence-electron chi connectivity index (χ2n) is 5.74. The van der Waals surface area contributed by atoms with Crippen molar-refractivity contribution in [1.29, 1.82) is 0 Å². The fourth-order valence-electron chi connectivity index (χ4n) is 3.69. The van der Waals surface area contributed by atoms with Crippen LogP contribution in [-0.2, 0) is 10.2 Å². The first kappa shape index (κ1) is 12.5. The molecule has 0 radical (unpaired) electrons. The summed E-state index contributed by atoms with van der Waals surface area (Å²) in [5, 5.41) is 8.89. The molecule has 3 aliphatic rings. The van der Waals surface area contributed by atoms with Gasteiger partial charge in [0.1, 0.15) is 11.9 Å². The Morgan fingerprint density at radius 3 is 2.37 bits per heavy atom. The maximum Gasteiger partial charge on any atom is 0.321 e. The largest absolute Gasteiger partial charge is 0.480 e. The lowest BCUT2D eigenvalue weighted by molar-refractivity contribution is -0.179. The maximum atomic E-state index is 13.7. The molecule has 3 fully saturated rings. The normalized spacial score (nSPS) is 33.3. The van der Waals surface area contributed by atoms with Crippen molar-refractivity contribution in [3.05, 3.63) is 35.1 Å². The van der Waals surface area contributed by atoms with Crippen LogP contribution < -0.4 is 5.73 Å². The van der Waals surface area contributed by atoms with Crippen LogP contribution in [0, 0.1) is 22.9 Å². The molecular weight excluding hydrogens is 259 g/mol. The van der Waals surface area contributed by atoms with E-state index in [1.165, 1.54) is 0 Å². The lowest BCUT2D eigenvalue weighted by Gasteiger charge is -2.72. The molecule has 1 atom stereocenters. The first-order valence-electron chi connectivity index (χ1n) is 5.93.